The van der Waals surface area contributed by atoms with Gasteiger partial charge in [0.2, 0.25) is 0 Å². The maximum atomic E-state index is 12.2. The molecule has 0 bridgehead atoms. The Kier molecular flexibility index (Phi) is 6.36. The first-order valence-electron chi connectivity index (χ1n) is 8.42. The van der Waals surface area contributed by atoms with Gasteiger partial charge in [-0.3, -0.25) is 5.43 Å². The number of likely N-dealkylation sites (tertiary alicyclic amines) is 1. The molecule has 1 aromatic rings. The van der Waals surface area contributed by atoms with Gasteiger partial charge in [-0.1, -0.05) is 30.3 Å². The topological polar surface area (TPSA) is 80.0 Å². The molecule has 1 aliphatic heterocycles. The summed E-state index contributed by atoms with van der Waals surface area (Å²) in [6.07, 6.45) is 1.36. The van der Waals surface area contributed by atoms with E-state index < -0.39 is 5.60 Å². The first-order valence-corrected chi connectivity index (χ1v) is 8.83. The van der Waals surface area contributed by atoms with Gasteiger partial charge in [-0.2, -0.15) is 5.10 Å². The van der Waals surface area contributed by atoms with E-state index in [-0.39, 0.29) is 17.1 Å². The standard InChI is InChI=1S/C18H26N4O2S/c1-18(2,3)24-17(23)22-11-9-14(10-12-22)15(20-21-16(19)25)13-7-5-4-6-8-13/h4-8,14H,9-12H2,1-3H3,(H3,19,21,25). The molecule has 0 spiro atoms. The molecular formula is C18H26N4O2S. The average Bonchev–Trinajstić information content (AvgIpc) is 2.55. The average molecular weight is 362 g/mol. The summed E-state index contributed by atoms with van der Waals surface area (Å²) in [6.45, 7) is 6.90. The largest absolute Gasteiger partial charge is 0.444 e. The number of benzene rings is 1. The first kappa shape index (κ1) is 19.2. The van der Waals surface area contributed by atoms with Crippen molar-refractivity contribution in [1.82, 2.24) is 10.3 Å². The van der Waals surface area contributed by atoms with Crippen LogP contribution in [0.15, 0.2) is 35.4 Å². The third kappa shape index (κ3) is 6.01. The van der Waals surface area contributed by atoms with Crippen LogP contribution in [0.2, 0.25) is 0 Å². The predicted octanol–water partition coefficient (Wildman–Crippen LogP) is 2.87. The second-order valence-electron chi connectivity index (χ2n) is 7.08. The van der Waals surface area contributed by atoms with Gasteiger partial charge in [0.1, 0.15) is 5.60 Å². The summed E-state index contributed by atoms with van der Waals surface area (Å²) >= 11 is 4.86. The van der Waals surface area contributed by atoms with Crippen LogP contribution in [0.3, 0.4) is 0 Å². The summed E-state index contributed by atoms with van der Waals surface area (Å²) in [4.78, 5) is 14.0. The molecule has 7 heteroatoms. The lowest BCUT2D eigenvalue weighted by molar-refractivity contribution is 0.0202. The molecular weight excluding hydrogens is 336 g/mol. The summed E-state index contributed by atoms with van der Waals surface area (Å²) in [5, 5.41) is 4.55. The molecule has 0 radical (unpaired) electrons. The number of amides is 1. The Morgan fingerprint density at radius 1 is 1.28 bits per heavy atom. The fourth-order valence-corrected chi connectivity index (χ4v) is 2.82. The maximum absolute atomic E-state index is 12.2. The van der Waals surface area contributed by atoms with E-state index in [9.17, 15) is 4.79 Å². The Morgan fingerprint density at radius 2 is 1.88 bits per heavy atom. The van der Waals surface area contributed by atoms with Gasteiger partial charge in [0.25, 0.3) is 0 Å². The second-order valence-corrected chi connectivity index (χ2v) is 7.52. The maximum Gasteiger partial charge on any atom is 0.410 e. The zero-order chi connectivity index (χ0) is 18.4. The summed E-state index contributed by atoms with van der Waals surface area (Å²) in [5.41, 5.74) is 9.67. The van der Waals surface area contributed by atoms with Crippen molar-refractivity contribution in [2.24, 2.45) is 16.8 Å². The van der Waals surface area contributed by atoms with Crippen molar-refractivity contribution in [2.45, 2.75) is 39.2 Å². The van der Waals surface area contributed by atoms with Crippen molar-refractivity contribution in [3.63, 3.8) is 0 Å². The monoisotopic (exact) mass is 362 g/mol. The highest BCUT2D eigenvalue weighted by Crippen LogP contribution is 2.24. The van der Waals surface area contributed by atoms with Crippen molar-refractivity contribution in [2.75, 3.05) is 13.1 Å². The van der Waals surface area contributed by atoms with Gasteiger partial charge >= 0.3 is 6.09 Å². The fraction of sp³-hybridized carbons (Fsp3) is 0.500. The molecule has 1 amide bonds. The number of hydrogen-bond acceptors (Lipinski definition) is 4. The summed E-state index contributed by atoms with van der Waals surface area (Å²) in [6, 6.07) is 9.94. The Morgan fingerprint density at radius 3 is 2.40 bits per heavy atom. The summed E-state index contributed by atoms with van der Waals surface area (Å²) in [7, 11) is 0. The van der Waals surface area contributed by atoms with E-state index >= 15 is 0 Å². The van der Waals surface area contributed by atoms with E-state index in [2.05, 4.69) is 10.5 Å². The van der Waals surface area contributed by atoms with E-state index in [0.29, 0.717) is 13.1 Å². The smallest absolute Gasteiger partial charge is 0.410 e. The van der Waals surface area contributed by atoms with E-state index in [1.807, 2.05) is 51.1 Å². The van der Waals surface area contributed by atoms with Gasteiger partial charge in [0.05, 0.1) is 5.71 Å². The highest BCUT2D eigenvalue weighted by molar-refractivity contribution is 7.80. The number of hydrogen-bond donors (Lipinski definition) is 2. The van der Waals surface area contributed by atoms with Gasteiger partial charge in [-0.05, 0) is 51.4 Å². The molecule has 1 saturated heterocycles. The molecule has 6 nitrogen and oxygen atoms in total. The first-order chi connectivity index (χ1) is 11.8. The van der Waals surface area contributed by atoms with Gasteiger partial charge in [0.15, 0.2) is 5.11 Å². The van der Waals surface area contributed by atoms with Crippen LogP contribution in [0, 0.1) is 5.92 Å². The molecule has 0 saturated carbocycles. The number of thiocarbonyl (C=S) groups is 1. The second kappa shape index (κ2) is 8.29. The number of carbonyl (C=O) groups excluding carboxylic acids is 1. The van der Waals surface area contributed by atoms with E-state index in [0.717, 1.165) is 24.1 Å². The highest BCUT2D eigenvalue weighted by Gasteiger charge is 2.29. The minimum Gasteiger partial charge on any atom is -0.444 e. The summed E-state index contributed by atoms with van der Waals surface area (Å²) in [5.74, 6) is 0.225. The zero-order valence-electron chi connectivity index (χ0n) is 15.0. The Balaban J connectivity index is 2.06. The van der Waals surface area contributed by atoms with Crippen molar-refractivity contribution >= 4 is 29.1 Å². The zero-order valence-corrected chi connectivity index (χ0v) is 15.8. The number of rotatable bonds is 3. The third-order valence-electron chi connectivity index (χ3n) is 3.89. The van der Waals surface area contributed by atoms with Crippen LogP contribution in [0.1, 0.15) is 39.2 Å². The van der Waals surface area contributed by atoms with Crippen molar-refractivity contribution in [3.8, 4) is 0 Å². The van der Waals surface area contributed by atoms with Crippen LogP contribution in [0.5, 0.6) is 0 Å². The SMILES string of the molecule is CC(C)(C)OC(=O)N1CCC(C(=NNC(N)=S)c2ccccc2)CC1. The molecule has 136 valence electrons. The van der Waals surface area contributed by atoms with Gasteiger partial charge < -0.3 is 15.4 Å². The predicted molar refractivity (Wildman–Crippen MR) is 103 cm³/mol. The Labute approximate surface area is 154 Å². The van der Waals surface area contributed by atoms with Crippen LogP contribution in [-0.4, -0.2) is 40.5 Å². The molecule has 0 aliphatic carbocycles. The molecule has 1 aliphatic rings. The minimum atomic E-state index is -0.481. The third-order valence-corrected chi connectivity index (χ3v) is 3.98. The molecule has 1 fully saturated rings. The molecule has 25 heavy (non-hydrogen) atoms. The van der Waals surface area contributed by atoms with E-state index in [1.165, 1.54) is 0 Å². The van der Waals surface area contributed by atoms with Crippen molar-refractivity contribution < 1.29 is 9.53 Å². The number of hydrazone groups is 1. The normalized spacial score (nSPS) is 16.4. The number of nitrogens with one attached hydrogen (secondary N) is 1. The molecule has 0 aromatic heterocycles. The Bertz CT molecular complexity index is 632. The molecule has 3 N–H and O–H groups in total. The summed E-state index contributed by atoms with van der Waals surface area (Å²) < 4.78 is 5.45. The highest BCUT2D eigenvalue weighted by atomic mass is 32.1. The molecule has 0 unspecified atom stereocenters. The van der Waals surface area contributed by atoms with Crippen LogP contribution < -0.4 is 11.2 Å². The van der Waals surface area contributed by atoms with E-state index in [4.69, 9.17) is 22.7 Å². The lowest BCUT2D eigenvalue weighted by Crippen LogP contribution is -2.43. The fourth-order valence-electron chi connectivity index (χ4n) is 2.78. The molecule has 1 heterocycles. The van der Waals surface area contributed by atoms with Crippen LogP contribution in [-0.2, 0) is 4.74 Å². The van der Waals surface area contributed by atoms with Gasteiger partial charge in [0, 0.05) is 19.0 Å². The van der Waals surface area contributed by atoms with Crippen LogP contribution in [0.25, 0.3) is 0 Å². The Hall–Kier alpha value is -2.15. The molecule has 0 atom stereocenters. The number of piperidine rings is 1. The lowest BCUT2D eigenvalue weighted by atomic mass is 9.88. The van der Waals surface area contributed by atoms with Crippen LogP contribution in [0.4, 0.5) is 4.79 Å². The number of carbonyl (C=O) groups is 1. The lowest BCUT2D eigenvalue weighted by Gasteiger charge is -2.34. The van der Waals surface area contributed by atoms with Crippen LogP contribution >= 0.6 is 12.2 Å². The number of ether oxygens (including phenoxy) is 1. The van der Waals surface area contributed by atoms with Gasteiger partial charge in [-0.25, -0.2) is 4.79 Å². The quantitative estimate of drug-likeness (QED) is 0.491. The van der Waals surface area contributed by atoms with Crippen molar-refractivity contribution in [1.29, 1.82) is 0 Å². The number of nitrogens with zero attached hydrogens (tertiary/aromatic N) is 2. The molecule has 2 rings (SSSR count). The number of nitrogens with two attached hydrogens (primary N) is 1. The van der Waals surface area contributed by atoms with E-state index in [1.54, 1.807) is 4.90 Å². The molecule has 1 aromatic carbocycles. The van der Waals surface area contributed by atoms with Gasteiger partial charge in [-0.15, -0.1) is 0 Å². The van der Waals surface area contributed by atoms with Crippen molar-refractivity contribution in [3.05, 3.63) is 35.9 Å². The minimum absolute atomic E-state index is 0.139.